The summed E-state index contributed by atoms with van der Waals surface area (Å²) in [5.74, 6) is 0.874. The molecule has 0 bridgehead atoms. The van der Waals surface area contributed by atoms with Crippen molar-refractivity contribution in [1.29, 1.82) is 0 Å². The van der Waals surface area contributed by atoms with E-state index in [4.69, 9.17) is 11.6 Å². The molecular formula is C16H22ClNO2S. The Hall–Kier alpha value is -0.710. The SMILES string of the molecule is CCCNC(CSCc1ccccc1Cl)(C(=O)O)C1CC1. The lowest BCUT2D eigenvalue weighted by Gasteiger charge is -2.30. The predicted octanol–water partition coefficient (Wildman–Crippen LogP) is 3.81. The number of carboxylic acids is 1. The molecule has 1 aliphatic rings. The number of thioether (sulfide) groups is 1. The molecule has 1 atom stereocenters. The largest absolute Gasteiger partial charge is 0.480 e. The zero-order valence-electron chi connectivity index (χ0n) is 12.3. The molecule has 0 saturated heterocycles. The van der Waals surface area contributed by atoms with Crippen LogP contribution in [0.2, 0.25) is 5.02 Å². The van der Waals surface area contributed by atoms with E-state index < -0.39 is 11.5 Å². The van der Waals surface area contributed by atoms with Gasteiger partial charge in [-0.1, -0.05) is 36.7 Å². The van der Waals surface area contributed by atoms with Gasteiger partial charge in [-0.05, 0) is 43.4 Å². The summed E-state index contributed by atoms with van der Waals surface area (Å²) in [5.41, 5.74) is 0.289. The average Bonchev–Trinajstić information content (AvgIpc) is 3.29. The second kappa shape index (κ2) is 7.52. The quantitative estimate of drug-likeness (QED) is 0.724. The molecule has 21 heavy (non-hydrogen) atoms. The monoisotopic (exact) mass is 327 g/mol. The highest BCUT2D eigenvalue weighted by Gasteiger charge is 2.50. The van der Waals surface area contributed by atoms with E-state index >= 15 is 0 Å². The molecule has 0 spiro atoms. The van der Waals surface area contributed by atoms with Crippen molar-refractivity contribution in [2.75, 3.05) is 12.3 Å². The van der Waals surface area contributed by atoms with Gasteiger partial charge in [-0.15, -0.1) is 0 Å². The minimum Gasteiger partial charge on any atom is -0.480 e. The Morgan fingerprint density at radius 3 is 2.76 bits per heavy atom. The Bertz CT molecular complexity index is 493. The molecule has 0 aliphatic heterocycles. The van der Waals surface area contributed by atoms with Crippen LogP contribution in [-0.4, -0.2) is 28.9 Å². The van der Waals surface area contributed by atoms with E-state index in [2.05, 4.69) is 12.2 Å². The highest BCUT2D eigenvalue weighted by Crippen LogP contribution is 2.42. The first-order valence-electron chi connectivity index (χ1n) is 7.39. The van der Waals surface area contributed by atoms with Gasteiger partial charge in [-0.3, -0.25) is 4.79 Å². The summed E-state index contributed by atoms with van der Waals surface area (Å²) in [5, 5.41) is 13.8. The Morgan fingerprint density at radius 1 is 1.48 bits per heavy atom. The van der Waals surface area contributed by atoms with E-state index in [9.17, 15) is 9.90 Å². The summed E-state index contributed by atoms with van der Waals surface area (Å²) in [6.45, 7) is 2.80. The Balaban J connectivity index is 1.99. The first-order valence-corrected chi connectivity index (χ1v) is 8.93. The van der Waals surface area contributed by atoms with Crippen molar-refractivity contribution in [2.45, 2.75) is 37.5 Å². The fraction of sp³-hybridized carbons (Fsp3) is 0.562. The molecule has 1 fully saturated rings. The first-order chi connectivity index (χ1) is 10.1. The van der Waals surface area contributed by atoms with Gasteiger partial charge < -0.3 is 10.4 Å². The van der Waals surface area contributed by atoms with Gasteiger partial charge in [0.15, 0.2) is 0 Å². The lowest BCUT2D eigenvalue weighted by molar-refractivity contribution is -0.144. The average molecular weight is 328 g/mol. The van der Waals surface area contributed by atoms with Crippen molar-refractivity contribution in [2.24, 2.45) is 5.92 Å². The van der Waals surface area contributed by atoms with Gasteiger partial charge >= 0.3 is 5.97 Å². The minimum absolute atomic E-state index is 0.264. The molecule has 5 heteroatoms. The van der Waals surface area contributed by atoms with Crippen molar-refractivity contribution in [3.63, 3.8) is 0 Å². The number of nitrogens with one attached hydrogen (secondary N) is 1. The predicted molar refractivity (Wildman–Crippen MR) is 89.0 cm³/mol. The number of aliphatic carboxylic acids is 1. The minimum atomic E-state index is -0.776. The van der Waals surface area contributed by atoms with Crippen LogP contribution in [0.15, 0.2) is 24.3 Å². The second-order valence-electron chi connectivity index (χ2n) is 5.56. The standard InChI is InChI=1S/C16H22ClNO2S/c1-2-9-18-16(15(19)20,13-7-8-13)11-21-10-12-5-3-4-6-14(12)17/h3-6,13,18H,2,7-11H2,1H3,(H,19,20). The normalized spacial score (nSPS) is 17.4. The number of rotatable bonds is 9. The van der Waals surface area contributed by atoms with Crippen LogP contribution in [0.1, 0.15) is 31.7 Å². The molecule has 1 aliphatic carbocycles. The molecule has 2 N–H and O–H groups in total. The summed E-state index contributed by atoms with van der Waals surface area (Å²) < 4.78 is 0. The number of hydrogen-bond acceptors (Lipinski definition) is 3. The summed E-state index contributed by atoms with van der Waals surface area (Å²) >= 11 is 7.80. The van der Waals surface area contributed by atoms with Gasteiger partial charge in [0.1, 0.15) is 5.54 Å². The molecule has 0 radical (unpaired) electrons. The van der Waals surface area contributed by atoms with Crippen LogP contribution in [0.4, 0.5) is 0 Å². The van der Waals surface area contributed by atoms with Gasteiger partial charge in [-0.2, -0.15) is 11.8 Å². The van der Waals surface area contributed by atoms with Crippen molar-refractivity contribution in [3.8, 4) is 0 Å². The molecule has 1 aromatic carbocycles. The molecule has 2 rings (SSSR count). The van der Waals surface area contributed by atoms with E-state index in [1.54, 1.807) is 11.8 Å². The molecular weight excluding hydrogens is 306 g/mol. The maximum atomic E-state index is 11.8. The number of hydrogen-bond donors (Lipinski definition) is 2. The van der Waals surface area contributed by atoms with Crippen LogP contribution in [-0.2, 0) is 10.5 Å². The van der Waals surface area contributed by atoms with Gasteiger partial charge in [0.25, 0.3) is 0 Å². The molecule has 116 valence electrons. The molecule has 1 saturated carbocycles. The van der Waals surface area contributed by atoms with Crippen molar-refractivity contribution in [1.82, 2.24) is 5.32 Å². The highest BCUT2D eigenvalue weighted by molar-refractivity contribution is 7.98. The van der Waals surface area contributed by atoms with Gasteiger partial charge in [0.05, 0.1) is 0 Å². The number of halogens is 1. The molecule has 1 aromatic rings. The zero-order valence-corrected chi connectivity index (χ0v) is 13.8. The number of carboxylic acid groups (broad SMARTS) is 1. The summed E-state index contributed by atoms with van der Waals surface area (Å²) in [7, 11) is 0. The van der Waals surface area contributed by atoms with Crippen LogP contribution < -0.4 is 5.32 Å². The fourth-order valence-corrected chi connectivity index (χ4v) is 4.13. The third kappa shape index (κ3) is 4.15. The summed E-state index contributed by atoms with van der Waals surface area (Å²) in [4.78, 5) is 11.8. The maximum absolute atomic E-state index is 11.8. The molecule has 1 unspecified atom stereocenters. The van der Waals surface area contributed by atoms with E-state index in [1.807, 2.05) is 24.3 Å². The lowest BCUT2D eigenvalue weighted by Crippen LogP contribution is -2.56. The van der Waals surface area contributed by atoms with E-state index in [0.29, 0.717) is 5.75 Å². The number of benzene rings is 1. The van der Waals surface area contributed by atoms with Crippen LogP contribution in [0, 0.1) is 5.92 Å². The molecule has 3 nitrogen and oxygen atoms in total. The van der Waals surface area contributed by atoms with Crippen molar-refractivity contribution in [3.05, 3.63) is 34.9 Å². The van der Waals surface area contributed by atoms with Crippen LogP contribution >= 0.6 is 23.4 Å². The third-order valence-corrected chi connectivity index (χ3v) is 5.43. The van der Waals surface area contributed by atoms with Crippen molar-refractivity contribution >= 4 is 29.3 Å². The Morgan fingerprint density at radius 2 is 2.19 bits per heavy atom. The third-order valence-electron chi connectivity index (χ3n) is 3.89. The van der Waals surface area contributed by atoms with Gasteiger partial charge in [0, 0.05) is 16.5 Å². The summed E-state index contributed by atoms with van der Waals surface area (Å²) in [6.07, 6.45) is 2.96. The van der Waals surface area contributed by atoms with E-state index in [-0.39, 0.29) is 5.92 Å². The van der Waals surface area contributed by atoms with Gasteiger partial charge in [0.2, 0.25) is 0 Å². The fourth-order valence-electron chi connectivity index (χ4n) is 2.49. The smallest absolute Gasteiger partial charge is 0.325 e. The summed E-state index contributed by atoms with van der Waals surface area (Å²) in [6, 6.07) is 7.74. The van der Waals surface area contributed by atoms with Gasteiger partial charge in [-0.25, -0.2) is 0 Å². The maximum Gasteiger partial charge on any atom is 0.325 e. The zero-order chi connectivity index (χ0) is 15.3. The topological polar surface area (TPSA) is 49.3 Å². The second-order valence-corrected chi connectivity index (χ2v) is 6.95. The van der Waals surface area contributed by atoms with Crippen LogP contribution in [0.5, 0.6) is 0 Å². The van der Waals surface area contributed by atoms with E-state index in [0.717, 1.165) is 42.1 Å². The Labute approximate surface area is 135 Å². The molecule has 0 heterocycles. The van der Waals surface area contributed by atoms with Crippen LogP contribution in [0.25, 0.3) is 0 Å². The molecule has 0 aromatic heterocycles. The number of carbonyl (C=O) groups is 1. The molecule has 0 amide bonds. The Kier molecular flexibility index (Phi) is 5.97. The highest BCUT2D eigenvalue weighted by atomic mass is 35.5. The van der Waals surface area contributed by atoms with Crippen molar-refractivity contribution < 1.29 is 9.90 Å². The first kappa shape index (κ1) is 16.7. The van der Waals surface area contributed by atoms with Crippen LogP contribution in [0.3, 0.4) is 0 Å². The van der Waals surface area contributed by atoms with E-state index in [1.165, 1.54) is 0 Å². The lowest BCUT2D eigenvalue weighted by atomic mass is 9.95.